The van der Waals surface area contributed by atoms with Crippen LogP contribution in [0.3, 0.4) is 0 Å². The van der Waals surface area contributed by atoms with E-state index in [1.807, 2.05) is 57.2 Å². The summed E-state index contributed by atoms with van der Waals surface area (Å²) in [5, 5.41) is 5.01. The Labute approximate surface area is 292 Å². The molecule has 0 saturated carbocycles. The number of likely N-dealkylation sites (N-methyl/N-ethyl adjacent to an activating group) is 1. The molecule has 1 aromatic carbocycles. The number of nitrogens with zero attached hydrogens (tertiary/aromatic N) is 1. The van der Waals surface area contributed by atoms with Crippen LogP contribution in [0.15, 0.2) is 67.4 Å². The minimum absolute atomic E-state index is 0. The minimum Gasteiger partial charge on any atom is -0.520 e. The Bertz CT molecular complexity index is 977. The molecular formula is C32H51N5O4Yb. The molecule has 6 N–H and O–H groups in total. The normalized spacial score (nSPS) is 11.2. The maximum Gasteiger partial charge on any atom is 2.00 e. The van der Waals surface area contributed by atoms with Crippen molar-refractivity contribution in [1.29, 1.82) is 0 Å². The largest absolute Gasteiger partial charge is 2.00 e. The molecule has 1 rings (SSSR count). The van der Waals surface area contributed by atoms with Crippen molar-refractivity contribution in [3.63, 3.8) is 0 Å². The summed E-state index contributed by atoms with van der Waals surface area (Å²) in [5.41, 5.74) is 13.9. The van der Waals surface area contributed by atoms with Gasteiger partial charge in [0.1, 0.15) is 0 Å². The zero-order valence-corrected chi connectivity index (χ0v) is 27.9. The average molecular weight is 743 g/mol. The maximum absolute atomic E-state index is 11.8. The van der Waals surface area contributed by atoms with E-state index < -0.39 is 11.9 Å². The van der Waals surface area contributed by atoms with Crippen molar-refractivity contribution in [1.82, 2.24) is 15.5 Å². The fraction of sp³-hybridized carbons (Fsp3) is 0.406. The number of hydrogen-bond donors (Lipinski definition) is 4. The van der Waals surface area contributed by atoms with E-state index in [4.69, 9.17) is 11.5 Å². The molecule has 242 valence electrons. The Morgan fingerprint density at radius 1 is 1.12 bits per heavy atom. The Kier molecular flexibility index (Phi) is 32.7. The molecular weight excluding hydrogens is 691 g/mol. The van der Waals surface area contributed by atoms with Gasteiger partial charge in [-0.25, -0.2) is 0 Å². The van der Waals surface area contributed by atoms with Crippen LogP contribution in [0.1, 0.15) is 65.5 Å². The number of primary amides is 2. The fourth-order valence-electron chi connectivity index (χ4n) is 2.71. The first kappa shape index (κ1) is 46.2. The number of benzene rings is 1. The summed E-state index contributed by atoms with van der Waals surface area (Å²) in [5.74, 6) is -1.32. The predicted octanol–water partition coefficient (Wildman–Crippen LogP) is 4.03. The van der Waals surface area contributed by atoms with E-state index in [1.165, 1.54) is 30.3 Å². The van der Waals surface area contributed by atoms with E-state index in [2.05, 4.69) is 56.7 Å². The van der Waals surface area contributed by atoms with Crippen molar-refractivity contribution in [3.8, 4) is 0 Å². The third-order valence-electron chi connectivity index (χ3n) is 5.00. The van der Waals surface area contributed by atoms with Crippen LogP contribution in [0.25, 0.3) is 5.57 Å². The number of nitrogens with one attached hydrogen (secondary N) is 2. The Morgan fingerprint density at radius 3 is 1.98 bits per heavy atom. The summed E-state index contributed by atoms with van der Waals surface area (Å²) in [6.07, 6.45) is 11.4. The molecule has 9 nitrogen and oxygen atoms in total. The molecule has 2 unspecified atom stereocenters. The molecule has 0 saturated heterocycles. The first-order valence-electron chi connectivity index (χ1n) is 13.5. The van der Waals surface area contributed by atoms with Crippen molar-refractivity contribution in [3.05, 3.63) is 85.5 Å². The van der Waals surface area contributed by atoms with E-state index >= 15 is 0 Å². The number of nitrogens with two attached hydrogens (primary N) is 2. The first-order chi connectivity index (χ1) is 19.2. The van der Waals surface area contributed by atoms with Crippen LogP contribution in [-0.4, -0.2) is 55.2 Å². The van der Waals surface area contributed by atoms with Gasteiger partial charge in [0.2, 0.25) is 17.7 Å². The smallest absolute Gasteiger partial charge is 0.520 e. The van der Waals surface area contributed by atoms with Gasteiger partial charge in [-0.2, -0.15) is 31.0 Å². The number of amides is 4. The van der Waals surface area contributed by atoms with Gasteiger partial charge in [-0.15, -0.1) is 12.1 Å². The molecule has 0 aliphatic heterocycles. The Hall–Kier alpha value is -2.75. The van der Waals surface area contributed by atoms with Crippen molar-refractivity contribution in [2.45, 2.75) is 60.4 Å². The van der Waals surface area contributed by atoms with E-state index in [0.29, 0.717) is 0 Å². The monoisotopic (exact) mass is 743 g/mol. The van der Waals surface area contributed by atoms with Crippen LogP contribution in [0.2, 0.25) is 0 Å². The molecule has 0 aliphatic rings. The molecule has 2 atom stereocenters. The van der Waals surface area contributed by atoms with Crippen LogP contribution in [0.4, 0.5) is 0 Å². The second-order valence-electron chi connectivity index (χ2n) is 9.13. The second-order valence-corrected chi connectivity index (χ2v) is 9.13. The van der Waals surface area contributed by atoms with Gasteiger partial charge >= 0.3 is 46.9 Å². The predicted molar refractivity (Wildman–Crippen MR) is 171 cm³/mol. The van der Waals surface area contributed by atoms with Crippen molar-refractivity contribution in [2.24, 2.45) is 17.4 Å². The van der Waals surface area contributed by atoms with Crippen LogP contribution in [0.5, 0.6) is 0 Å². The molecule has 42 heavy (non-hydrogen) atoms. The van der Waals surface area contributed by atoms with Gasteiger partial charge < -0.3 is 31.8 Å². The van der Waals surface area contributed by atoms with Gasteiger partial charge in [-0.3, -0.25) is 14.4 Å². The van der Waals surface area contributed by atoms with Crippen molar-refractivity contribution in [2.75, 3.05) is 20.1 Å². The molecule has 0 radical (unpaired) electrons. The van der Waals surface area contributed by atoms with Gasteiger partial charge in [-0.1, -0.05) is 78.0 Å². The van der Waals surface area contributed by atoms with Gasteiger partial charge in [0, 0.05) is 12.7 Å². The summed E-state index contributed by atoms with van der Waals surface area (Å²) in [6.45, 7) is 22.9. The summed E-state index contributed by atoms with van der Waals surface area (Å²) < 4.78 is 0. The topological polar surface area (TPSA) is 148 Å². The second kappa shape index (κ2) is 29.7. The van der Waals surface area contributed by atoms with Crippen molar-refractivity contribution < 1.29 is 66.1 Å². The van der Waals surface area contributed by atoms with Crippen LogP contribution < -0.4 is 22.1 Å². The summed E-state index contributed by atoms with van der Waals surface area (Å²) in [4.78, 5) is 44.0. The summed E-state index contributed by atoms with van der Waals surface area (Å²) >= 11 is 0. The fourth-order valence-corrected chi connectivity index (χ4v) is 2.71. The van der Waals surface area contributed by atoms with Crippen LogP contribution >= 0.6 is 0 Å². The Morgan fingerprint density at radius 2 is 1.64 bits per heavy atom. The molecule has 0 aliphatic carbocycles. The zero-order valence-electron chi connectivity index (χ0n) is 26.2. The molecule has 0 aromatic heterocycles. The zero-order chi connectivity index (χ0) is 32.4. The SMILES string of the molecule is C=C(C)NCC(N)=O.C=C/C(=C\C=C/C)c1ccc([CH2-])cc1.CCC.CCC(C)C(N[C-]=O)C(=O)N(C)CC(N)=O.[Yb+2]. The third kappa shape index (κ3) is 26.2. The number of hydrogen-bond acceptors (Lipinski definition) is 5. The molecule has 0 spiro atoms. The Balaban J connectivity index is -0.000000253. The van der Waals surface area contributed by atoms with Crippen molar-refractivity contribution >= 4 is 29.7 Å². The standard InChI is InChI=1S/C14H15.C10H18N3O3.C5H10N2O.C3H8.Yb/c1-4-6-7-13(5-2)14-10-8-12(3)9-11-14;1-4-7(2)9(12-6-14)10(16)13(3)5-8(11)15;1-4(2)7-3-5(6)8;1-3-2;/h4-11H,2-3H2,1H3;7,9H,4-5H2,1-3H3,(H2,11,15)(H,12,14);7H,1,3H2,2H3,(H2,6,8);3H2,1-2H3;/q2*-1;;;+2/b6-4-,13-7+;;;;. The molecule has 0 fully saturated rings. The number of carbonyl (C=O) groups is 3. The van der Waals surface area contributed by atoms with Crippen LogP contribution in [0, 0.1) is 59.8 Å². The number of rotatable bonds is 13. The van der Waals surface area contributed by atoms with E-state index in [-0.39, 0.29) is 77.7 Å². The molecule has 4 amide bonds. The average Bonchev–Trinajstić information content (AvgIpc) is 2.92. The molecule has 0 bridgehead atoms. The van der Waals surface area contributed by atoms with Gasteiger partial charge in [0.25, 0.3) is 0 Å². The van der Waals surface area contributed by atoms with E-state index in [9.17, 15) is 19.2 Å². The number of carbonyl (C=O) groups excluding carboxylic acids is 4. The van der Waals surface area contributed by atoms with E-state index in [1.54, 1.807) is 6.92 Å². The third-order valence-corrected chi connectivity index (χ3v) is 5.00. The van der Waals surface area contributed by atoms with Crippen LogP contribution in [-0.2, 0) is 19.2 Å². The van der Waals surface area contributed by atoms with Gasteiger partial charge in [0.05, 0.1) is 19.1 Å². The maximum atomic E-state index is 11.8. The summed E-state index contributed by atoms with van der Waals surface area (Å²) in [7, 11) is 1.47. The molecule has 10 heteroatoms. The first-order valence-corrected chi connectivity index (χ1v) is 13.5. The molecule has 0 heterocycles. The van der Waals surface area contributed by atoms with E-state index in [0.717, 1.165) is 23.3 Å². The quantitative estimate of drug-likeness (QED) is 0.137. The van der Waals surface area contributed by atoms with Gasteiger partial charge in [0.15, 0.2) is 0 Å². The van der Waals surface area contributed by atoms with Gasteiger partial charge in [-0.05, 0) is 30.9 Å². The summed E-state index contributed by atoms with van der Waals surface area (Å²) in [6, 6.07) is 7.45. The number of allylic oxidation sites excluding steroid dienone is 6. The molecule has 1 aromatic rings. The minimum atomic E-state index is -0.660.